The summed E-state index contributed by atoms with van der Waals surface area (Å²) in [6.07, 6.45) is 70.3. The summed E-state index contributed by atoms with van der Waals surface area (Å²) < 4.78 is 30.7. The molecule has 2 N–H and O–H groups in total. The lowest BCUT2D eigenvalue weighted by atomic mass is 10.0. The van der Waals surface area contributed by atoms with Crippen LogP contribution >= 0.6 is 7.82 Å². The van der Waals surface area contributed by atoms with Crippen LogP contribution in [0.4, 0.5) is 0 Å². The molecule has 75 heavy (non-hydrogen) atoms. The number of allylic oxidation sites excluding steroid dienone is 11. The van der Waals surface area contributed by atoms with Crippen molar-refractivity contribution in [2.75, 3.05) is 40.9 Å². The van der Waals surface area contributed by atoms with Crippen LogP contribution in [0.2, 0.25) is 0 Å². The molecule has 0 bridgehead atoms. The number of unbranched alkanes of at least 4 members (excludes halogenated alkanes) is 30. The first-order chi connectivity index (χ1) is 36.4. The van der Waals surface area contributed by atoms with Crippen LogP contribution in [-0.2, 0) is 27.9 Å². The van der Waals surface area contributed by atoms with Crippen molar-refractivity contribution in [3.8, 4) is 0 Å². The molecular formula is C65H120N2O7P+. The summed E-state index contributed by atoms with van der Waals surface area (Å²) >= 11 is 0. The maximum Gasteiger partial charge on any atom is 0.472 e. The number of phosphoric ester groups is 1. The van der Waals surface area contributed by atoms with Gasteiger partial charge in [-0.25, -0.2) is 4.57 Å². The molecule has 10 heteroatoms. The van der Waals surface area contributed by atoms with Crippen molar-refractivity contribution in [2.45, 2.75) is 290 Å². The summed E-state index contributed by atoms with van der Waals surface area (Å²) in [6, 6.07) is -0.855. The molecule has 0 aromatic heterocycles. The number of quaternary nitrogens is 1. The molecule has 0 aliphatic heterocycles. The molecule has 0 aromatic rings. The van der Waals surface area contributed by atoms with Crippen LogP contribution in [0.25, 0.3) is 0 Å². The first-order valence-corrected chi connectivity index (χ1v) is 32.8. The number of carbonyl (C=O) groups excluding carboxylic acids is 2. The van der Waals surface area contributed by atoms with Gasteiger partial charge in [-0.2, -0.15) is 0 Å². The number of nitrogens with zero attached hydrogens (tertiary/aromatic N) is 1. The summed E-state index contributed by atoms with van der Waals surface area (Å²) in [5.74, 6) is -0.512. The Morgan fingerprint density at radius 2 is 0.853 bits per heavy atom. The van der Waals surface area contributed by atoms with E-state index in [1.54, 1.807) is 0 Å². The van der Waals surface area contributed by atoms with Crippen LogP contribution < -0.4 is 5.32 Å². The van der Waals surface area contributed by atoms with E-state index in [2.05, 4.69) is 86.8 Å². The molecule has 3 unspecified atom stereocenters. The molecule has 0 saturated carbocycles. The molecule has 0 heterocycles. The third-order valence-corrected chi connectivity index (χ3v) is 14.6. The average Bonchev–Trinajstić information content (AvgIpc) is 3.37. The van der Waals surface area contributed by atoms with Crippen molar-refractivity contribution >= 4 is 19.7 Å². The van der Waals surface area contributed by atoms with Crippen molar-refractivity contribution in [1.29, 1.82) is 0 Å². The third kappa shape index (κ3) is 56.0. The number of esters is 1. The molecule has 0 aromatic carbocycles. The maximum absolute atomic E-state index is 13.6. The molecular weight excluding hydrogens is 952 g/mol. The molecule has 9 nitrogen and oxygen atoms in total. The Morgan fingerprint density at radius 3 is 1.28 bits per heavy atom. The molecule has 0 rings (SSSR count). The summed E-state index contributed by atoms with van der Waals surface area (Å²) in [4.78, 5) is 37.7. The number of rotatable bonds is 56. The van der Waals surface area contributed by atoms with E-state index in [1.165, 1.54) is 141 Å². The first kappa shape index (κ1) is 72.5. The fourth-order valence-corrected chi connectivity index (χ4v) is 9.59. The molecule has 3 atom stereocenters. The highest BCUT2D eigenvalue weighted by atomic mass is 31.2. The number of nitrogens with one attached hydrogen (secondary N) is 1. The zero-order valence-electron chi connectivity index (χ0n) is 49.8. The zero-order chi connectivity index (χ0) is 55.0. The highest BCUT2D eigenvalue weighted by Gasteiger charge is 2.30. The average molecular weight is 1070 g/mol. The summed E-state index contributed by atoms with van der Waals surface area (Å²) in [5.41, 5.74) is 0. The number of hydrogen-bond donors (Lipinski definition) is 2. The minimum atomic E-state index is -4.45. The minimum absolute atomic E-state index is 0.0367. The van der Waals surface area contributed by atoms with Gasteiger partial charge in [-0.05, 0) is 76.7 Å². The first-order valence-electron chi connectivity index (χ1n) is 31.3. The largest absolute Gasteiger partial charge is 0.472 e. The van der Waals surface area contributed by atoms with Gasteiger partial charge in [0, 0.05) is 12.8 Å². The van der Waals surface area contributed by atoms with Crippen molar-refractivity contribution in [3.05, 3.63) is 72.9 Å². The fourth-order valence-electron chi connectivity index (χ4n) is 8.85. The summed E-state index contributed by atoms with van der Waals surface area (Å²) in [6.45, 7) is 6.90. The van der Waals surface area contributed by atoms with E-state index in [-0.39, 0.29) is 31.5 Å². The summed E-state index contributed by atoms with van der Waals surface area (Å²) in [5, 5.41) is 3.05. The van der Waals surface area contributed by atoms with Crippen molar-refractivity contribution in [1.82, 2.24) is 5.32 Å². The van der Waals surface area contributed by atoms with E-state index >= 15 is 0 Å². The van der Waals surface area contributed by atoms with Gasteiger partial charge in [0.25, 0.3) is 0 Å². The van der Waals surface area contributed by atoms with Crippen LogP contribution in [0.1, 0.15) is 278 Å². The fraction of sp³-hybridized carbons (Fsp3) is 0.785. The smallest absolute Gasteiger partial charge is 0.456 e. The van der Waals surface area contributed by atoms with Crippen LogP contribution in [0.5, 0.6) is 0 Å². The second-order valence-corrected chi connectivity index (χ2v) is 23.7. The standard InChI is InChI=1S/C65H119N2O7P/c1-7-10-13-16-19-22-25-28-29-30-31-32-33-34-35-36-37-40-42-45-48-51-54-57-64(68)66-62(61-73-75(70,71)72-60-59-67(4,5)6)63(56-53-50-47-44-41-38-26-23-20-17-14-11-8-2)74-65(69)58-55-52-49-46-43-39-27-24-21-18-15-12-9-3/h10,13,19,22,28-29,31-32,34-35,53,56,62-63H,7-9,11-12,14-18,20-21,23-27,30,33,36-52,54-55,57-61H2,1-6H3,(H-,66,68,70,71)/p+1/b13-10-,22-19-,29-28-,32-31-,35-34-,56-53-. The quantitative estimate of drug-likeness (QED) is 0.0205. The number of hydrogen-bond acceptors (Lipinski definition) is 6. The van der Waals surface area contributed by atoms with Gasteiger partial charge in [0.15, 0.2) is 0 Å². The predicted octanol–water partition coefficient (Wildman–Crippen LogP) is 19.2. The highest BCUT2D eigenvalue weighted by molar-refractivity contribution is 7.47. The molecule has 0 aliphatic carbocycles. The topological polar surface area (TPSA) is 111 Å². The van der Waals surface area contributed by atoms with Crippen LogP contribution in [0.15, 0.2) is 72.9 Å². The van der Waals surface area contributed by atoms with Crippen LogP contribution in [0, 0.1) is 0 Å². The minimum Gasteiger partial charge on any atom is -0.456 e. The Morgan fingerprint density at radius 1 is 0.480 bits per heavy atom. The van der Waals surface area contributed by atoms with E-state index in [9.17, 15) is 19.0 Å². The van der Waals surface area contributed by atoms with Crippen molar-refractivity contribution in [3.63, 3.8) is 0 Å². The normalized spacial score (nSPS) is 14.2. The Bertz CT molecular complexity index is 1510. The second kappa shape index (κ2) is 54.8. The van der Waals surface area contributed by atoms with Gasteiger partial charge in [0.1, 0.15) is 19.3 Å². The van der Waals surface area contributed by atoms with Gasteiger partial charge in [-0.1, -0.05) is 261 Å². The Labute approximate surface area is 463 Å². The number of ether oxygens (including phenoxy) is 1. The Kier molecular flexibility index (Phi) is 52.9. The molecule has 0 radical (unpaired) electrons. The van der Waals surface area contributed by atoms with Gasteiger partial charge in [0.05, 0.1) is 33.8 Å². The van der Waals surface area contributed by atoms with Gasteiger partial charge in [-0.3, -0.25) is 18.6 Å². The van der Waals surface area contributed by atoms with E-state index in [4.69, 9.17) is 13.8 Å². The van der Waals surface area contributed by atoms with Gasteiger partial charge >= 0.3 is 13.8 Å². The van der Waals surface area contributed by atoms with E-state index in [0.717, 1.165) is 103 Å². The Hall–Kier alpha value is -2.55. The molecule has 0 fully saturated rings. The number of likely N-dealkylation sites (N-methyl/N-ethyl adjacent to an activating group) is 1. The van der Waals surface area contributed by atoms with Crippen LogP contribution in [0.3, 0.4) is 0 Å². The van der Waals surface area contributed by atoms with Gasteiger partial charge in [-0.15, -0.1) is 0 Å². The third-order valence-electron chi connectivity index (χ3n) is 13.7. The number of amides is 1. The van der Waals surface area contributed by atoms with Crippen LogP contribution in [-0.4, -0.2) is 74.3 Å². The molecule has 0 spiro atoms. The SMILES string of the molecule is CC/C=C\C/C=C\C/C=C\C/C=C\C/C=C\CCCCCCCCCC(=O)NC(COP(=O)(O)OCC[N+](C)(C)C)C(/C=C\CCCCCCCCCCCCC)OC(=O)CCCCCCCCCCCCCCC. The lowest BCUT2D eigenvalue weighted by Crippen LogP contribution is -2.47. The maximum atomic E-state index is 13.6. The van der Waals surface area contributed by atoms with E-state index in [0.29, 0.717) is 17.4 Å². The van der Waals surface area contributed by atoms with Gasteiger partial charge in [0.2, 0.25) is 5.91 Å². The molecule has 436 valence electrons. The molecule has 1 amide bonds. The van der Waals surface area contributed by atoms with Crippen molar-refractivity contribution < 1.29 is 37.3 Å². The zero-order valence-corrected chi connectivity index (χ0v) is 50.7. The Balaban J connectivity index is 5.23. The summed E-state index contributed by atoms with van der Waals surface area (Å²) in [7, 11) is 1.49. The predicted molar refractivity (Wildman–Crippen MR) is 323 cm³/mol. The lowest BCUT2D eigenvalue weighted by Gasteiger charge is -2.27. The van der Waals surface area contributed by atoms with E-state index < -0.39 is 20.0 Å². The second-order valence-electron chi connectivity index (χ2n) is 22.2. The van der Waals surface area contributed by atoms with E-state index in [1.807, 2.05) is 33.3 Å². The lowest BCUT2D eigenvalue weighted by molar-refractivity contribution is -0.870. The van der Waals surface area contributed by atoms with Crippen molar-refractivity contribution in [2.24, 2.45) is 0 Å². The number of carbonyl (C=O) groups is 2. The monoisotopic (exact) mass is 1070 g/mol. The van der Waals surface area contributed by atoms with Gasteiger partial charge < -0.3 is 19.4 Å². The molecule has 0 aliphatic rings. The number of phosphoric acid groups is 1. The highest BCUT2D eigenvalue weighted by Crippen LogP contribution is 2.43. The molecule has 0 saturated heterocycles.